The Kier molecular flexibility index (Phi) is 5.14. The highest BCUT2D eigenvalue weighted by Crippen LogP contribution is 2.34. The maximum atomic E-state index is 14.0. The minimum atomic E-state index is -3.41. The van der Waals surface area contributed by atoms with Crippen molar-refractivity contribution in [3.63, 3.8) is 0 Å². The van der Waals surface area contributed by atoms with Crippen LogP contribution < -0.4 is 5.56 Å². The van der Waals surface area contributed by atoms with E-state index in [0.29, 0.717) is 11.3 Å². The highest BCUT2D eigenvalue weighted by molar-refractivity contribution is 7.90. The van der Waals surface area contributed by atoms with Crippen LogP contribution in [0.15, 0.2) is 46.1 Å². The largest absolute Gasteiger partial charge is 0.373 e. The molecule has 1 aliphatic heterocycles. The SMILES string of the molecule is CN(C(=O)c1ccc(S(C)(=O)=O)cc1)C1COCc2[nH]c(=O)c3cc(F)c(F)cc3c21. The lowest BCUT2D eigenvalue weighted by atomic mass is 9.95. The summed E-state index contributed by atoms with van der Waals surface area (Å²) in [6.07, 6.45) is 1.07. The van der Waals surface area contributed by atoms with Gasteiger partial charge in [-0.05, 0) is 41.8 Å². The molecule has 1 aromatic heterocycles. The normalized spacial score (nSPS) is 16.2. The Labute approximate surface area is 176 Å². The molecule has 0 radical (unpaired) electrons. The van der Waals surface area contributed by atoms with E-state index in [2.05, 4.69) is 4.98 Å². The molecule has 1 aliphatic rings. The van der Waals surface area contributed by atoms with Crippen LogP contribution in [0, 0.1) is 11.6 Å². The number of sulfone groups is 1. The number of nitrogens with one attached hydrogen (secondary N) is 1. The molecule has 0 fully saturated rings. The predicted octanol–water partition coefficient (Wildman–Crippen LogP) is 2.55. The van der Waals surface area contributed by atoms with Crippen molar-refractivity contribution < 1.29 is 26.7 Å². The van der Waals surface area contributed by atoms with Gasteiger partial charge in [0.2, 0.25) is 0 Å². The smallest absolute Gasteiger partial charge is 0.256 e. The molecule has 0 aliphatic carbocycles. The number of likely N-dealkylation sites (N-methyl/N-ethyl adjacent to an activating group) is 1. The van der Waals surface area contributed by atoms with Crippen LogP contribution in [0.1, 0.15) is 27.7 Å². The van der Waals surface area contributed by atoms with Gasteiger partial charge in [0, 0.05) is 30.1 Å². The molecule has 0 saturated heterocycles. The molecule has 0 saturated carbocycles. The minimum absolute atomic E-state index is 0.0251. The molecular weight excluding hydrogens is 430 g/mol. The Balaban J connectivity index is 1.78. The third-order valence-corrected chi connectivity index (χ3v) is 6.49. The van der Waals surface area contributed by atoms with Gasteiger partial charge in [-0.1, -0.05) is 0 Å². The zero-order chi connectivity index (χ0) is 22.5. The number of ether oxygens (including phenoxy) is 1. The van der Waals surface area contributed by atoms with Crippen LogP contribution in [0.2, 0.25) is 0 Å². The summed E-state index contributed by atoms with van der Waals surface area (Å²) in [6.45, 7) is 0.137. The number of carbonyl (C=O) groups excluding carboxylic acids is 1. The number of aromatic amines is 1. The van der Waals surface area contributed by atoms with Crippen LogP contribution in [0.5, 0.6) is 0 Å². The maximum Gasteiger partial charge on any atom is 0.256 e. The molecule has 3 aromatic rings. The predicted molar refractivity (Wildman–Crippen MR) is 109 cm³/mol. The number of pyridine rings is 1. The topological polar surface area (TPSA) is 96.5 Å². The third-order valence-electron chi connectivity index (χ3n) is 5.36. The number of carbonyl (C=O) groups is 1. The number of rotatable bonds is 3. The summed E-state index contributed by atoms with van der Waals surface area (Å²) in [6, 6.07) is 6.59. The van der Waals surface area contributed by atoms with Crippen molar-refractivity contribution in [2.24, 2.45) is 0 Å². The molecule has 2 aromatic carbocycles. The zero-order valence-electron chi connectivity index (χ0n) is 16.6. The molecule has 1 amide bonds. The van der Waals surface area contributed by atoms with E-state index in [9.17, 15) is 26.8 Å². The fourth-order valence-corrected chi connectivity index (χ4v) is 4.37. The average Bonchev–Trinajstić information content (AvgIpc) is 2.73. The zero-order valence-corrected chi connectivity index (χ0v) is 17.4. The summed E-state index contributed by atoms with van der Waals surface area (Å²) < 4.78 is 56.5. The molecule has 162 valence electrons. The van der Waals surface area contributed by atoms with Crippen LogP contribution in [-0.4, -0.2) is 44.1 Å². The highest BCUT2D eigenvalue weighted by atomic mass is 32.2. The van der Waals surface area contributed by atoms with Crippen molar-refractivity contribution in [1.82, 2.24) is 9.88 Å². The Bertz CT molecular complexity index is 1370. The lowest BCUT2D eigenvalue weighted by molar-refractivity contribution is 0.0335. The van der Waals surface area contributed by atoms with Crippen molar-refractivity contribution in [1.29, 1.82) is 0 Å². The standard InChI is InChI=1S/C21H18F2N2O5S/c1-25(21(27)11-3-5-12(6-4-11)31(2,28)29)18-10-30-9-17-19(18)13-7-15(22)16(23)8-14(13)20(26)24-17/h3-8,18H,9-10H2,1-2H3,(H,24,26). The van der Waals surface area contributed by atoms with Gasteiger partial charge in [-0.3, -0.25) is 9.59 Å². The van der Waals surface area contributed by atoms with Crippen LogP contribution in [-0.2, 0) is 21.2 Å². The van der Waals surface area contributed by atoms with E-state index in [-0.39, 0.29) is 34.4 Å². The molecule has 4 rings (SSSR count). The second-order valence-electron chi connectivity index (χ2n) is 7.40. The molecule has 1 atom stereocenters. The summed E-state index contributed by atoms with van der Waals surface area (Å²) in [7, 11) is -1.89. The van der Waals surface area contributed by atoms with Gasteiger partial charge in [-0.25, -0.2) is 17.2 Å². The van der Waals surface area contributed by atoms with Crippen LogP contribution in [0.4, 0.5) is 8.78 Å². The van der Waals surface area contributed by atoms with Crippen LogP contribution in [0.25, 0.3) is 10.8 Å². The van der Waals surface area contributed by atoms with Crippen molar-refractivity contribution >= 4 is 26.5 Å². The van der Waals surface area contributed by atoms with E-state index in [1.807, 2.05) is 0 Å². The summed E-state index contributed by atoms with van der Waals surface area (Å²) in [5.41, 5.74) is 0.519. The Morgan fingerprint density at radius 1 is 1.13 bits per heavy atom. The van der Waals surface area contributed by atoms with Gasteiger partial charge < -0.3 is 14.6 Å². The van der Waals surface area contributed by atoms with Gasteiger partial charge in [0.15, 0.2) is 21.5 Å². The van der Waals surface area contributed by atoms with Gasteiger partial charge in [0.05, 0.1) is 29.5 Å². The van der Waals surface area contributed by atoms with Crippen molar-refractivity contribution in [3.8, 4) is 0 Å². The number of nitrogens with zero attached hydrogens (tertiary/aromatic N) is 1. The van der Waals surface area contributed by atoms with E-state index in [0.717, 1.165) is 18.4 Å². The fraction of sp³-hybridized carbons (Fsp3) is 0.238. The summed E-state index contributed by atoms with van der Waals surface area (Å²) in [5, 5.41) is 0.181. The molecule has 31 heavy (non-hydrogen) atoms. The fourth-order valence-electron chi connectivity index (χ4n) is 3.74. The number of hydrogen-bond acceptors (Lipinski definition) is 5. The third kappa shape index (κ3) is 3.72. The molecule has 10 heteroatoms. The first-order chi connectivity index (χ1) is 14.6. The Morgan fingerprint density at radius 2 is 1.74 bits per heavy atom. The second kappa shape index (κ2) is 7.54. The quantitative estimate of drug-likeness (QED) is 0.664. The highest BCUT2D eigenvalue weighted by Gasteiger charge is 2.31. The lowest BCUT2D eigenvalue weighted by Gasteiger charge is -2.34. The number of halogens is 2. The number of aromatic nitrogens is 1. The monoisotopic (exact) mass is 448 g/mol. The first-order valence-electron chi connectivity index (χ1n) is 9.26. The molecule has 2 heterocycles. The molecule has 7 nitrogen and oxygen atoms in total. The summed E-state index contributed by atoms with van der Waals surface area (Å²) in [5.74, 6) is -2.67. The van der Waals surface area contributed by atoms with E-state index in [1.165, 1.54) is 36.2 Å². The van der Waals surface area contributed by atoms with Gasteiger partial charge in [-0.15, -0.1) is 0 Å². The van der Waals surface area contributed by atoms with Crippen molar-refractivity contribution in [3.05, 3.63) is 75.2 Å². The molecule has 1 unspecified atom stereocenters. The minimum Gasteiger partial charge on any atom is -0.373 e. The van der Waals surface area contributed by atoms with E-state index in [4.69, 9.17) is 4.74 Å². The molecule has 0 bridgehead atoms. The van der Waals surface area contributed by atoms with Gasteiger partial charge in [0.1, 0.15) is 0 Å². The lowest BCUT2D eigenvalue weighted by Crippen LogP contribution is -2.37. The van der Waals surface area contributed by atoms with Crippen LogP contribution in [0.3, 0.4) is 0 Å². The Hall–Kier alpha value is -3.11. The maximum absolute atomic E-state index is 14.0. The molecule has 0 spiro atoms. The van der Waals surface area contributed by atoms with E-state index in [1.54, 1.807) is 0 Å². The van der Waals surface area contributed by atoms with Crippen molar-refractivity contribution in [2.75, 3.05) is 19.9 Å². The summed E-state index contributed by atoms with van der Waals surface area (Å²) in [4.78, 5) is 29.5. The van der Waals surface area contributed by atoms with E-state index >= 15 is 0 Å². The van der Waals surface area contributed by atoms with Gasteiger partial charge >= 0.3 is 0 Å². The number of benzene rings is 2. The number of fused-ring (bicyclic) bond motifs is 3. The average molecular weight is 448 g/mol. The number of amides is 1. The second-order valence-corrected chi connectivity index (χ2v) is 9.42. The molecule has 1 N–H and O–H groups in total. The van der Waals surface area contributed by atoms with Gasteiger partial charge in [0.25, 0.3) is 11.5 Å². The van der Waals surface area contributed by atoms with Gasteiger partial charge in [-0.2, -0.15) is 0 Å². The first kappa shape index (κ1) is 21.1. The van der Waals surface area contributed by atoms with Crippen LogP contribution >= 0.6 is 0 Å². The van der Waals surface area contributed by atoms with E-state index < -0.39 is 39.0 Å². The number of hydrogen-bond donors (Lipinski definition) is 1. The first-order valence-corrected chi connectivity index (χ1v) is 11.2. The Morgan fingerprint density at radius 3 is 2.35 bits per heavy atom. The van der Waals surface area contributed by atoms with Crippen molar-refractivity contribution in [2.45, 2.75) is 17.5 Å². The summed E-state index contributed by atoms with van der Waals surface area (Å²) >= 11 is 0. The number of H-pyrrole nitrogens is 1. The molecular formula is C21H18F2N2O5S.